The number of benzene rings is 1. The SMILES string of the molecule is CCCc1cc(C(=O)OCC(=O)NCc2cc(OC)c(OC)c(OC)c2)sc1C. The van der Waals surface area contributed by atoms with Gasteiger partial charge >= 0.3 is 5.97 Å². The minimum absolute atomic E-state index is 0.228. The summed E-state index contributed by atoms with van der Waals surface area (Å²) >= 11 is 1.39. The highest BCUT2D eigenvalue weighted by atomic mass is 32.1. The van der Waals surface area contributed by atoms with Crippen molar-refractivity contribution in [2.24, 2.45) is 0 Å². The van der Waals surface area contributed by atoms with Crippen LogP contribution in [0.3, 0.4) is 0 Å². The Hall–Kier alpha value is -2.74. The molecule has 2 rings (SSSR count). The molecule has 0 saturated heterocycles. The zero-order valence-electron chi connectivity index (χ0n) is 17.4. The largest absolute Gasteiger partial charge is 0.493 e. The first kappa shape index (κ1) is 22.5. The minimum Gasteiger partial charge on any atom is -0.493 e. The maximum Gasteiger partial charge on any atom is 0.348 e. The van der Waals surface area contributed by atoms with Crippen LogP contribution >= 0.6 is 11.3 Å². The standard InChI is InChI=1S/C21H27NO6S/c1-6-7-15-10-18(29-13(15)2)21(24)28-12-19(23)22-11-14-8-16(25-3)20(27-5)17(9-14)26-4/h8-10H,6-7,11-12H2,1-5H3,(H,22,23). The van der Waals surface area contributed by atoms with Crippen molar-refractivity contribution in [1.82, 2.24) is 5.32 Å². The van der Waals surface area contributed by atoms with Crippen LogP contribution in [0.4, 0.5) is 0 Å². The van der Waals surface area contributed by atoms with Crippen molar-refractivity contribution in [2.45, 2.75) is 33.2 Å². The van der Waals surface area contributed by atoms with Crippen LogP contribution in [0.2, 0.25) is 0 Å². The zero-order chi connectivity index (χ0) is 21.4. The summed E-state index contributed by atoms with van der Waals surface area (Å²) in [5.74, 6) is 0.599. The van der Waals surface area contributed by atoms with E-state index in [0.717, 1.165) is 28.8 Å². The average molecular weight is 422 g/mol. The Morgan fingerprint density at radius 1 is 1.03 bits per heavy atom. The molecule has 0 unspecified atom stereocenters. The van der Waals surface area contributed by atoms with Crippen LogP contribution in [0.25, 0.3) is 0 Å². The van der Waals surface area contributed by atoms with Crippen LogP contribution in [-0.2, 0) is 22.5 Å². The van der Waals surface area contributed by atoms with E-state index in [1.165, 1.54) is 32.7 Å². The van der Waals surface area contributed by atoms with E-state index < -0.39 is 11.9 Å². The van der Waals surface area contributed by atoms with Crippen LogP contribution in [-0.4, -0.2) is 39.8 Å². The summed E-state index contributed by atoms with van der Waals surface area (Å²) < 4.78 is 21.0. The molecule has 29 heavy (non-hydrogen) atoms. The first-order valence-electron chi connectivity index (χ1n) is 9.25. The van der Waals surface area contributed by atoms with Gasteiger partial charge in [-0.15, -0.1) is 11.3 Å². The fourth-order valence-electron chi connectivity index (χ4n) is 2.83. The fourth-order valence-corrected chi connectivity index (χ4v) is 3.79. The van der Waals surface area contributed by atoms with Crippen LogP contribution in [0.15, 0.2) is 18.2 Å². The minimum atomic E-state index is -0.483. The van der Waals surface area contributed by atoms with Crippen molar-refractivity contribution in [2.75, 3.05) is 27.9 Å². The van der Waals surface area contributed by atoms with Crippen molar-refractivity contribution in [3.63, 3.8) is 0 Å². The van der Waals surface area contributed by atoms with E-state index in [-0.39, 0.29) is 13.2 Å². The molecule has 0 atom stereocenters. The maximum atomic E-state index is 12.2. The van der Waals surface area contributed by atoms with E-state index in [1.54, 1.807) is 12.1 Å². The molecule has 7 nitrogen and oxygen atoms in total. The summed E-state index contributed by atoms with van der Waals surface area (Å²) in [6.07, 6.45) is 1.93. The van der Waals surface area contributed by atoms with Crippen LogP contribution < -0.4 is 19.5 Å². The molecule has 0 aliphatic rings. The molecule has 0 fully saturated rings. The molecule has 0 spiro atoms. The Labute approximate surface area is 174 Å². The molecule has 0 bridgehead atoms. The lowest BCUT2D eigenvalue weighted by molar-refractivity contribution is -0.124. The van der Waals surface area contributed by atoms with E-state index in [1.807, 2.05) is 13.0 Å². The van der Waals surface area contributed by atoms with Crippen LogP contribution in [0.1, 0.15) is 39.0 Å². The molecule has 0 saturated carbocycles. The molecule has 0 radical (unpaired) electrons. The number of carbonyl (C=O) groups excluding carboxylic acids is 2. The molecule has 1 N–H and O–H groups in total. The summed E-state index contributed by atoms with van der Waals surface area (Å²) in [6, 6.07) is 5.34. The van der Waals surface area contributed by atoms with Crippen LogP contribution in [0.5, 0.6) is 17.2 Å². The third-order valence-corrected chi connectivity index (χ3v) is 5.36. The number of aryl methyl sites for hydroxylation is 2. The molecule has 0 aliphatic heterocycles. The highest BCUT2D eigenvalue weighted by molar-refractivity contribution is 7.14. The Morgan fingerprint density at radius 2 is 1.69 bits per heavy atom. The van der Waals surface area contributed by atoms with Crippen LogP contribution in [0, 0.1) is 6.92 Å². The van der Waals surface area contributed by atoms with Crippen molar-refractivity contribution in [1.29, 1.82) is 0 Å². The van der Waals surface area contributed by atoms with Gasteiger partial charge in [-0.2, -0.15) is 0 Å². The summed E-state index contributed by atoms with van der Waals surface area (Å²) in [4.78, 5) is 25.9. The van der Waals surface area contributed by atoms with Crippen molar-refractivity contribution in [3.05, 3.63) is 39.1 Å². The van der Waals surface area contributed by atoms with E-state index >= 15 is 0 Å². The lowest BCUT2D eigenvalue weighted by Gasteiger charge is -2.14. The number of thiophene rings is 1. The second-order valence-electron chi connectivity index (χ2n) is 6.33. The zero-order valence-corrected chi connectivity index (χ0v) is 18.2. The second kappa shape index (κ2) is 10.7. The summed E-state index contributed by atoms with van der Waals surface area (Å²) in [6.45, 7) is 3.96. The Bertz CT molecular complexity index is 836. The third-order valence-electron chi connectivity index (χ3n) is 4.29. The number of carbonyl (C=O) groups is 2. The number of methoxy groups -OCH3 is 3. The van der Waals surface area contributed by atoms with E-state index in [2.05, 4.69) is 12.2 Å². The van der Waals surface area contributed by atoms with Gasteiger partial charge < -0.3 is 24.3 Å². The van der Waals surface area contributed by atoms with Crippen molar-refractivity contribution < 1.29 is 28.5 Å². The molecule has 1 aromatic heterocycles. The highest BCUT2D eigenvalue weighted by Gasteiger charge is 2.16. The highest BCUT2D eigenvalue weighted by Crippen LogP contribution is 2.38. The lowest BCUT2D eigenvalue weighted by atomic mass is 10.1. The number of hydrogen-bond acceptors (Lipinski definition) is 7. The molecule has 8 heteroatoms. The predicted octanol–water partition coefficient (Wildman–Crippen LogP) is 3.51. The maximum absolute atomic E-state index is 12.2. The lowest BCUT2D eigenvalue weighted by Crippen LogP contribution is -2.28. The summed E-state index contributed by atoms with van der Waals surface area (Å²) in [5.41, 5.74) is 1.91. The number of esters is 1. The number of hydrogen-bond donors (Lipinski definition) is 1. The first-order chi connectivity index (χ1) is 13.9. The van der Waals surface area contributed by atoms with Gasteiger partial charge in [-0.3, -0.25) is 4.79 Å². The number of nitrogens with one attached hydrogen (secondary N) is 1. The number of ether oxygens (including phenoxy) is 4. The predicted molar refractivity (Wildman–Crippen MR) is 111 cm³/mol. The average Bonchev–Trinajstić information content (AvgIpc) is 3.10. The molecular formula is C21H27NO6S. The second-order valence-corrected chi connectivity index (χ2v) is 7.58. The topological polar surface area (TPSA) is 83.1 Å². The normalized spacial score (nSPS) is 10.4. The number of amides is 1. The van der Waals surface area contributed by atoms with E-state index in [0.29, 0.717) is 22.1 Å². The smallest absolute Gasteiger partial charge is 0.348 e. The quantitative estimate of drug-likeness (QED) is 0.591. The van der Waals surface area contributed by atoms with Crippen molar-refractivity contribution >= 4 is 23.2 Å². The van der Waals surface area contributed by atoms with Gasteiger partial charge in [-0.25, -0.2) is 4.79 Å². The molecule has 1 heterocycles. The van der Waals surface area contributed by atoms with Gasteiger partial charge in [0.2, 0.25) is 5.75 Å². The van der Waals surface area contributed by atoms with Gasteiger partial charge in [0.25, 0.3) is 5.91 Å². The first-order valence-corrected chi connectivity index (χ1v) is 10.1. The number of rotatable bonds is 10. The monoisotopic (exact) mass is 421 g/mol. The molecule has 2 aromatic rings. The van der Waals surface area contributed by atoms with Gasteiger partial charge in [-0.05, 0) is 42.7 Å². The molecule has 1 amide bonds. The fraction of sp³-hybridized carbons (Fsp3) is 0.429. The van der Waals surface area contributed by atoms with Gasteiger partial charge in [-0.1, -0.05) is 13.3 Å². The Morgan fingerprint density at radius 3 is 2.24 bits per heavy atom. The van der Waals surface area contributed by atoms with E-state index in [4.69, 9.17) is 18.9 Å². The van der Waals surface area contributed by atoms with Gasteiger partial charge in [0.15, 0.2) is 18.1 Å². The van der Waals surface area contributed by atoms with E-state index in [9.17, 15) is 9.59 Å². The summed E-state index contributed by atoms with van der Waals surface area (Å²) in [5, 5.41) is 2.72. The molecular weight excluding hydrogens is 394 g/mol. The molecule has 158 valence electrons. The Kier molecular flexibility index (Phi) is 8.33. The van der Waals surface area contributed by atoms with Gasteiger partial charge in [0, 0.05) is 11.4 Å². The molecule has 1 aromatic carbocycles. The summed E-state index contributed by atoms with van der Waals surface area (Å²) in [7, 11) is 4.57. The van der Waals surface area contributed by atoms with Gasteiger partial charge in [0.1, 0.15) is 4.88 Å². The van der Waals surface area contributed by atoms with Gasteiger partial charge in [0.05, 0.1) is 21.3 Å². The Balaban J connectivity index is 1.91. The van der Waals surface area contributed by atoms with Crippen molar-refractivity contribution in [3.8, 4) is 17.2 Å². The molecule has 0 aliphatic carbocycles. The third kappa shape index (κ3) is 5.87.